The van der Waals surface area contributed by atoms with Crippen LogP contribution in [0.1, 0.15) is 36.2 Å². The van der Waals surface area contributed by atoms with Gasteiger partial charge in [-0.2, -0.15) is 5.10 Å². The number of aromatic nitrogens is 2. The van der Waals surface area contributed by atoms with Crippen LogP contribution in [0.4, 0.5) is 0 Å². The molecule has 90 valence electrons. The van der Waals surface area contributed by atoms with Crippen molar-refractivity contribution in [1.29, 1.82) is 0 Å². The Balaban J connectivity index is 2.05. The second-order valence-corrected chi connectivity index (χ2v) is 5.02. The fraction of sp³-hybridized carbons (Fsp3) is 0.750. The molecule has 4 heteroatoms. The molecular weight excluding hydrogens is 200 g/mol. The molecule has 1 atom stereocenters. The summed E-state index contributed by atoms with van der Waals surface area (Å²) < 4.78 is 1.95. The lowest BCUT2D eigenvalue weighted by atomic mass is 10.0. The first kappa shape index (κ1) is 11.6. The van der Waals surface area contributed by atoms with E-state index in [-0.39, 0.29) is 0 Å². The predicted molar refractivity (Wildman–Crippen MR) is 64.8 cm³/mol. The number of hydrogen-bond acceptors (Lipinski definition) is 3. The van der Waals surface area contributed by atoms with Gasteiger partial charge < -0.3 is 0 Å². The minimum absolute atomic E-state index is 0.397. The van der Waals surface area contributed by atoms with E-state index < -0.39 is 0 Å². The summed E-state index contributed by atoms with van der Waals surface area (Å²) in [6, 6.07) is 0.397. The van der Waals surface area contributed by atoms with Crippen LogP contribution < -0.4 is 11.3 Å². The maximum absolute atomic E-state index is 5.63. The molecular formula is C12H22N4. The molecule has 1 saturated carbocycles. The maximum Gasteiger partial charge on any atom is 0.0628 e. The van der Waals surface area contributed by atoms with E-state index >= 15 is 0 Å². The number of nitrogens with zero attached hydrogens (tertiary/aromatic N) is 2. The van der Waals surface area contributed by atoms with E-state index in [0.29, 0.717) is 6.04 Å². The van der Waals surface area contributed by atoms with Crippen LogP contribution in [0, 0.1) is 19.8 Å². The minimum atomic E-state index is 0.397. The van der Waals surface area contributed by atoms with Gasteiger partial charge in [-0.3, -0.25) is 16.0 Å². The lowest BCUT2D eigenvalue weighted by Gasteiger charge is -2.15. The molecule has 0 spiro atoms. The average Bonchev–Trinajstić information content (AvgIpc) is 3.02. The molecule has 1 unspecified atom stereocenters. The normalized spacial score (nSPS) is 17.8. The Bertz CT molecular complexity index is 365. The summed E-state index contributed by atoms with van der Waals surface area (Å²) in [6.45, 7) is 4.20. The van der Waals surface area contributed by atoms with Crippen LogP contribution in [-0.2, 0) is 13.5 Å². The third-order valence-electron chi connectivity index (χ3n) is 3.66. The van der Waals surface area contributed by atoms with Crippen molar-refractivity contribution in [3.05, 3.63) is 17.0 Å². The van der Waals surface area contributed by atoms with Crippen molar-refractivity contribution in [2.75, 3.05) is 0 Å². The van der Waals surface area contributed by atoms with Gasteiger partial charge in [-0.25, -0.2) is 0 Å². The SMILES string of the molecule is Cc1nn(C)c(C)c1CC(CC1CC1)NN. The molecule has 0 aromatic carbocycles. The molecule has 0 bridgehead atoms. The van der Waals surface area contributed by atoms with Crippen LogP contribution in [0.15, 0.2) is 0 Å². The van der Waals surface area contributed by atoms with Crippen molar-refractivity contribution < 1.29 is 0 Å². The van der Waals surface area contributed by atoms with E-state index in [1.54, 1.807) is 0 Å². The number of hydrazine groups is 1. The molecule has 3 N–H and O–H groups in total. The summed E-state index contributed by atoms with van der Waals surface area (Å²) in [5.41, 5.74) is 6.69. The third-order valence-corrected chi connectivity index (χ3v) is 3.66. The number of nitrogens with one attached hydrogen (secondary N) is 1. The lowest BCUT2D eigenvalue weighted by molar-refractivity contribution is 0.464. The molecule has 1 aliphatic rings. The lowest BCUT2D eigenvalue weighted by Crippen LogP contribution is -2.37. The first-order valence-corrected chi connectivity index (χ1v) is 6.07. The van der Waals surface area contributed by atoms with E-state index in [4.69, 9.17) is 5.84 Å². The van der Waals surface area contributed by atoms with Gasteiger partial charge in [0.25, 0.3) is 0 Å². The molecule has 1 aromatic rings. The van der Waals surface area contributed by atoms with Crippen molar-refractivity contribution in [3.8, 4) is 0 Å². The molecule has 1 heterocycles. The van der Waals surface area contributed by atoms with Crippen LogP contribution in [0.2, 0.25) is 0 Å². The van der Waals surface area contributed by atoms with Gasteiger partial charge in [0.15, 0.2) is 0 Å². The summed E-state index contributed by atoms with van der Waals surface area (Å²) in [5, 5.41) is 4.44. The van der Waals surface area contributed by atoms with E-state index in [0.717, 1.165) is 18.0 Å². The van der Waals surface area contributed by atoms with Crippen LogP contribution in [0.3, 0.4) is 0 Å². The summed E-state index contributed by atoms with van der Waals surface area (Å²) in [5.74, 6) is 6.53. The van der Waals surface area contributed by atoms with Crippen LogP contribution in [0.25, 0.3) is 0 Å². The van der Waals surface area contributed by atoms with Gasteiger partial charge in [0.1, 0.15) is 0 Å². The zero-order valence-corrected chi connectivity index (χ0v) is 10.5. The van der Waals surface area contributed by atoms with Gasteiger partial charge in [-0.1, -0.05) is 12.8 Å². The third kappa shape index (κ3) is 2.44. The van der Waals surface area contributed by atoms with Crippen LogP contribution >= 0.6 is 0 Å². The van der Waals surface area contributed by atoms with Crippen molar-refractivity contribution in [2.24, 2.45) is 18.8 Å². The number of hydrogen-bond donors (Lipinski definition) is 2. The van der Waals surface area contributed by atoms with Crippen molar-refractivity contribution >= 4 is 0 Å². The predicted octanol–water partition coefficient (Wildman–Crippen LogP) is 1.21. The van der Waals surface area contributed by atoms with Crippen molar-refractivity contribution in [2.45, 2.75) is 45.6 Å². The van der Waals surface area contributed by atoms with E-state index in [2.05, 4.69) is 24.4 Å². The van der Waals surface area contributed by atoms with Gasteiger partial charge in [0, 0.05) is 18.8 Å². The van der Waals surface area contributed by atoms with Gasteiger partial charge >= 0.3 is 0 Å². The van der Waals surface area contributed by atoms with Gasteiger partial charge in [0.05, 0.1) is 5.69 Å². The first-order chi connectivity index (χ1) is 7.61. The Labute approximate surface area is 97.2 Å². The summed E-state index contributed by atoms with van der Waals surface area (Å²) in [7, 11) is 2.00. The molecule has 0 radical (unpaired) electrons. The molecule has 1 fully saturated rings. The molecule has 16 heavy (non-hydrogen) atoms. The van der Waals surface area contributed by atoms with Crippen molar-refractivity contribution in [1.82, 2.24) is 15.2 Å². The standard InChI is InChI=1S/C12H22N4/c1-8-12(9(2)16(3)15-8)7-11(14-13)6-10-4-5-10/h10-11,14H,4-7,13H2,1-3H3. The highest BCUT2D eigenvalue weighted by molar-refractivity contribution is 5.25. The number of rotatable bonds is 5. The maximum atomic E-state index is 5.63. The highest BCUT2D eigenvalue weighted by Gasteiger charge is 2.26. The Morgan fingerprint density at radius 2 is 2.19 bits per heavy atom. The van der Waals surface area contributed by atoms with Crippen molar-refractivity contribution in [3.63, 3.8) is 0 Å². The molecule has 2 rings (SSSR count). The first-order valence-electron chi connectivity index (χ1n) is 6.07. The van der Waals surface area contributed by atoms with E-state index in [1.165, 1.54) is 30.5 Å². The molecule has 0 amide bonds. The highest BCUT2D eigenvalue weighted by Crippen LogP contribution is 2.34. The molecule has 0 aliphatic heterocycles. The van der Waals surface area contributed by atoms with Crippen LogP contribution in [0.5, 0.6) is 0 Å². The second-order valence-electron chi connectivity index (χ2n) is 5.02. The fourth-order valence-corrected chi connectivity index (χ4v) is 2.33. The highest BCUT2D eigenvalue weighted by atomic mass is 15.3. The summed E-state index contributed by atoms with van der Waals surface area (Å²) in [4.78, 5) is 0. The summed E-state index contributed by atoms with van der Waals surface area (Å²) >= 11 is 0. The average molecular weight is 222 g/mol. The molecule has 1 aliphatic carbocycles. The minimum Gasteiger partial charge on any atom is -0.272 e. The molecule has 1 aromatic heterocycles. The zero-order valence-electron chi connectivity index (χ0n) is 10.5. The van der Waals surface area contributed by atoms with E-state index in [1.807, 2.05) is 11.7 Å². The molecule has 0 saturated heterocycles. The number of aryl methyl sites for hydroxylation is 2. The monoisotopic (exact) mass is 222 g/mol. The Morgan fingerprint density at radius 3 is 2.62 bits per heavy atom. The second kappa shape index (κ2) is 4.55. The Morgan fingerprint density at radius 1 is 1.50 bits per heavy atom. The fourth-order valence-electron chi connectivity index (χ4n) is 2.33. The van der Waals surface area contributed by atoms with Gasteiger partial charge in [-0.15, -0.1) is 0 Å². The molecule has 4 nitrogen and oxygen atoms in total. The van der Waals surface area contributed by atoms with E-state index in [9.17, 15) is 0 Å². The quantitative estimate of drug-likeness (QED) is 0.581. The Kier molecular flexibility index (Phi) is 3.30. The van der Waals surface area contributed by atoms with Crippen LogP contribution in [-0.4, -0.2) is 15.8 Å². The topological polar surface area (TPSA) is 55.9 Å². The van der Waals surface area contributed by atoms with Gasteiger partial charge in [0.2, 0.25) is 0 Å². The smallest absolute Gasteiger partial charge is 0.0628 e. The van der Waals surface area contributed by atoms with Gasteiger partial charge in [-0.05, 0) is 38.2 Å². The largest absolute Gasteiger partial charge is 0.272 e. The summed E-state index contributed by atoms with van der Waals surface area (Å²) in [6.07, 6.45) is 4.95. The Hall–Kier alpha value is -0.870. The number of nitrogens with two attached hydrogens (primary N) is 1. The zero-order chi connectivity index (χ0) is 11.7.